The molecular weight excluding hydrogens is 228 g/mol. The van der Waals surface area contributed by atoms with Gasteiger partial charge in [-0.1, -0.05) is 48.5 Å². The Morgan fingerprint density at radius 1 is 0.941 bits per heavy atom. The summed E-state index contributed by atoms with van der Waals surface area (Å²) in [6.07, 6.45) is 0.154. The van der Waals surface area contributed by atoms with E-state index in [0.29, 0.717) is 0 Å². The van der Waals surface area contributed by atoms with E-state index in [0.717, 1.165) is 5.75 Å². The zero-order chi connectivity index (χ0) is 11.9. The number of ether oxygens (including phenoxy) is 1. The molecule has 2 heteroatoms. The fourth-order valence-corrected chi connectivity index (χ4v) is 2.68. The quantitative estimate of drug-likeness (QED) is 0.730. The minimum atomic E-state index is 0.154. The summed E-state index contributed by atoms with van der Waals surface area (Å²) >= 11 is 1.82. The van der Waals surface area contributed by atoms with Gasteiger partial charge in [0.25, 0.3) is 0 Å². The van der Waals surface area contributed by atoms with Gasteiger partial charge in [-0.2, -0.15) is 0 Å². The van der Waals surface area contributed by atoms with Crippen LogP contribution in [0.3, 0.4) is 0 Å². The first-order valence-corrected chi connectivity index (χ1v) is 6.64. The summed E-state index contributed by atoms with van der Waals surface area (Å²) in [6.45, 7) is 0. The lowest BCUT2D eigenvalue weighted by Crippen LogP contribution is -2.04. The molecule has 0 aliphatic carbocycles. The Kier molecular flexibility index (Phi) is 4.65. The minimum absolute atomic E-state index is 0.154. The van der Waals surface area contributed by atoms with Gasteiger partial charge in [-0.3, -0.25) is 0 Å². The Morgan fingerprint density at radius 2 is 1.53 bits per heavy atom. The van der Waals surface area contributed by atoms with Crippen molar-refractivity contribution in [3.63, 3.8) is 0 Å². The normalized spacial score (nSPS) is 12.3. The van der Waals surface area contributed by atoms with E-state index in [1.807, 2.05) is 23.9 Å². The molecule has 0 N–H and O–H groups in total. The molecule has 0 aliphatic heterocycles. The van der Waals surface area contributed by atoms with Gasteiger partial charge < -0.3 is 4.74 Å². The number of hydrogen-bond acceptors (Lipinski definition) is 2. The van der Waals surface area contributed by atoms with Gasteiger partial charge in [0, 0.05) is 17.8 Å². The molecule has 0 bridgehead atoms. The van der Waals surface area contributed by atoms with Crippen molar-refractivity contribution in [2.24, 2.45) is 0 Å². The lowest BCUT2D eigenvalue weighted by molar-refractivity contribution is 0.123. The SMILES string of the molecule is CO[C@@H](CSc1ccccc1)c1ccccc1. The van der Waals surface area contributed by atoms with Crippen LogP contribution in [0.1, 0.15) is 11.7 Å². The van der Waals surface area contributed by atoms with E-state index in [1.54, 1.807) is 7.11 Å². The highest BCUT2D eigenvalue weighted by atomic mass is 32.2. The van der Waals surface area contributed by atoms with Gasteiger partial charge in [0.05, 0.1) is 6.10 Å². The maximum absolute atomic E-state index is 5.54. The highest BCUT2D eigenvalue weighted by molar-refractivity contribution is 7.99. The van der Waals surface area contributed by atoms with Gasteiger partial charge in [0.2, 0.25) is 0 Å². The zero-order valence-electron chi connectivity index (χ0n) is 9.87. The predicted molar refractivity (Wildman–Crippen MR) is 73.4 cm³/mol. The first-order valence-electron chi connectivity index (χ1n) is 5.66. The topological polar surface area (TPSA) is 9.23 Å². The standard InChI is InChI=1S/C15H16OS/c1-16-15(13-8-4-2-5-9-13)12-17-14-10-6-3-7-11-14/h2-11,15H,12H2,1H3/t15-/m0/s1. The largest absolute Gasteiger partial charge is 0.376 e. The molecule has 0 aromatic heterocycles. The molecule has 0 spiro atoms. The van der Waals surface area contributed by atoms with Crippen molar-refractivity contribution in [1.82, 2.24) is 0 Å². The molecule has 0 fully saturated rings. The maximum atomic E-state index is 5.54. The monoisotopic (exact) mass is 244 g/mol. The Labute approximate surface area is 107 Å². The van der Waals surface area contributed by atoms with Crippen LogP contribution in [-0.4, -0.2) is 12.9 Å². The number of hydrogen-bond donors (Lipinski definition) is 0. The molecule has 1 atom stereocenters. The predicted octanol–water partition coefficient (Wildman–Crippen LogP) is 4.17. The summed E-state index contributed by atoms with van der Waals surface area (Å²) in [7, 11) is 1.77. The Hall–Kier alpha value is -1.25. The van der Waals surface area contributed by atoms with E-state index in [4.69, 9.17) is 4.74 Å². The first kappa shape index (κ1) is 12.2. The molecule has 0 unspecified atom stereocenters. The molecule has 0 radical (unpaired) electrons. The molecule has 17 heavy (non-hydrogen) atoms. The van der Waals surface area contributed by atoms with Crippen molar-refractivity contribution in [3.05, 3.63) is 66.2 Å². The summed E-state index contributed by atoms with van der Waals surface area (Å²) in [6, 6.07) is 20.8. The molecule has 88 valence electrons. The summed E-state index contributed by atoms with van der Waals surface area (Å²) in [5.74, 6) is 0.935. The van der Waals surface area contributed by atoms with Gasteiger partial charge in [0.1, 0.15) is 0 Å². The van der Waals surface area contributed by atoms with E-state index < -0.39 is 0 Å². The molecular formula is C15H16OS. The van der Waals surface area contributed by atoms with Crippen molar-refractivity contribution in [3.8, 4) is 0 Å². The van der Waals surface area contributed by atoms with Crippen LogP contribution in [0.25, 0.3) is 0 Å². The van der Waals surface area contributed by atoms with Gasteiger partial charge in [-0.25, -0.2) is 0 Å². The summed E-state index contributed by atoms with van der Waals surface area (Å²) < 4.78 is 5.54. The third-order valence-electron chi connectivity index (χ3n) is 2.60. The fourth-order valence-electron chi connectivity index (χ4n) is 1.66. The molecule has 0 saturated carbocycles. The number of benzene rings is 2. The fraction of sp³-hybridized carbons (Fsp3) is 0.200. The Morgan fingerprint density at radius 3 is 2.12 bits per heavy atom. The number of methoxy groups -OCH3 is 1. The third kappa shape index (κ3) is 3.62. The highest BCUT2D eigenvalue weighted by Crippen LogP contribution is 2.26. The molecule has 1 nitrogen and oxygen atoms in total. The number of thioether (sulfide) groups is 1. The lowest BCUT2D eigenvalue weighted by atomic mass is 10.1. The van der Waals surface area contributed by atoms with Crippen molar-refractivity contribution in [1.29, 1.82) is 0 Å². The molecule has 0 aliphatic rings. The van der Waals surface area contributed by atoms with Gasteiger partial charge in [-0.05, 0) is 17.7 Å². The van der Waals surface area contributed by atoms with Gasteiger partial charge in [-0.15, -0.1) is 11.8 Å². The molecule has 2 rings (SSSR count). The van der Waals surface area contributed by atoms with Crippen LogP contribution in [0.4, 0.5) is 0 Å². The lowest BCUT2D eigenvalue weighted by Gasteiger charge is -2.15. The summed E-state index contributed by atoms with van der Waals surface area (Å²) in [5, 5.41) is 0. The average Bonchev–Trinajstić information content (AvgIpc) is 2.42. The molecule has 0 amide bonds. The van der Waals surface area contributed by atoms with Crippen LogP contribution in [0.15, 0.2) is 65.6 Å². The van der Waals surface area contributed by atoms with Crippen LogP contribution >= 0.6 is 11.8 Å². The van der Waals surface area contributed by atoms with Crippen LogP contribution in [0, 0.1) is 0 Å². The maximum Gasteiger partial charge on any atom is 0.0914 e. The van der Waals surface area contributed by atoms with E-state index in [1.165, 1.54) is 10.5 Å². The molecule has 2 aromatic carbocycles. The van der Waals surface area contributed by atoms with Crippen molar-refractivity contribution >= 4 is 11.8 Å². The zero-order valence-corrected chi connectivity index (χ0v) is 10.7. The summed E-state index contributed by atoms with van der Waals surface area (Å²) in [4.78, 5) is 1.28. The second-order valence-electron chi connectivity index (χ2n) is 3.76. The van der Waals surface area contributed by atoms with Crippen molar-refractivity contribution in [2.45, 2.75) is 11.0 Å². The molecule has 0 heterocycles. The van der Waals surface area contributed by atoms with Crippen LogP contribution in [0.2, 0.25) is 0 Å². The van der Waals surface area contributed by atoms with Crippen LogP contribution < -0.4 is 0 Å². The minimum Gasteiger partial charge on any atom is -0.376 e. The van der Waals surface area contributed by atoms with Gasteiger partial charge >= 0.3 is 0 Å². The van der Waals surface area contributed by atoms with Crippen molar-refractivity contribution in [2.75, 3.05) is 12.9 Å². The highest BCUT2D eigenvalue weighted by Gasteiger charge is 2.09. The smallest absolute Gasteiger partial charge is 0.0914 e. The Bertz CT molecular complexity index is 427. The Balaban J connectivity index is 1.97. The second-order valence-corrected chi connectivity index (χ2v) is 4.85. The summed E-state index contributed by atoms with van der Waals surface area (Å²) in [5.41, 5.74) is 1.23. The third-order valence-corrected chi connectivity index (χ3v) is 3.68. The molecule has 0 saturated heterocycles. The second kappa shape index (κ2) is 6.48. The molecule has 2 aromatic rings. The van der Waals surface area contributed by atoms with Crippen LogP contribution in [-0.2, 0) is 4.74 Å². The average molecular weight is 244 g/mol. The number of rotatable bonds is 5. The van der Waals surface area contributed by atoms with E-state index in [-0.39, 0.29) is 6.10 Å². The van der Waals surface area contributed by atoms with Crippen LogP contribution in [0.5, 0.6) is 0 Å². The van der Waals surface area contributed by atoms with Crippen molar-refractivity contribution < 1.29 is 4.74 Å². The van der Waals surface area contributed by atoms with Gasteiger partial charge in [0.15, 0.2) is 0 Å². The first-order chi connectivity index (χ1) is 8.40. The van der Waals surface area contributed by atoms with E-state index in [2.05, 4.69) is 48.5 Å². The van der Waals surface area contributed by atoms with E-state index >= 15 is 0 Å². The van der Waals surface area contributed by atoms with E-state index in [9.17, 15) is 0 Å².